The maximum atomic E-state index is 10.7. The first-order chi connectivity index (χ1) is 9.65. The second kappa shape index (κ2) is 6.35. The van der Waals surface area contributed by atoms with Crippen LogP contribution in [0.1, 0.15) is 31.2 Å². The molecule has 0 spiro atoms. The van der Waals surface area contributed by atoms with Crippen molar-refractivity contribution >= 4 is 5.69 Å². The van der Waals surface area contributed by atoms with Gasteiger partial charge in [-0.1, -0.05) is 6.42 Å². The van der Waals surface area contributed by atoms with Gasteiger partial charge in [0.1, 0.15) is 23.5 Å². The number of rotatable bonds is 4. The van der Waals surface area contributed by atoms with Crippen LogP contribution in [-0.2, 0) is 0 Å². The summed E-state index contributed by atoms with van der Waals surface area (Å²) in [6, 6.07) is 6.05. The highest BCUT2D eigenvalue weighted by molar-refractivity contribution is 5.50. The molecule has 1 aromatic carbocycles. The molecule has 1 aliphatic rings. The molecule has 6 heteroatoms. The maximum absolute atomic E-state index is 10.7. The summed E-state index contributed by atoms with van der Waals surface area (Å²) in [5.74, 6) is 0.689. The second-order valence-electron chi connectivity index (χ2n) is 4.99. The number of hydrogen-bond donors (Lipinski definition) is 1. The number of ether oxygens (including phenoxy) is 1. The molecule has 0 amide bonds. The Bertz CT molecular complexity index is 539. The van der Waals surface area contributed by atoms with Gasteiger partial charge < -0.3 is 10.5 Å². The Balaban J connectivity index is 2.20. The molecule has 106 valence electrons. The lowest BCUT2D eigenvalue weighted by molar-refractivity contribution is -0.384. The summed E-state index contributed by atoms with van der Waals surface area (Å²) >= 11 is 0. The van der Waals surface area contributed by atoms with Gasteiger partial charge in [0.05, 0.1) is 4.92 Å². The summed E-state index contributed by atoms with van der Waals surface area (Å²) < 4.78 is 5.89. The monoisotopic (exact) mass is 275 g/mol. The Hall–Kier alpha value is -2.13. The van der Waals surface area contributed by atoms with Gasteiger partial charge in [-0.3, -0.25) is 10.1 Å². The van der Waals surface area contributed by atoms with Crippen molar-refractivity contribution < 1.29 is 9.66 Å². The molecule has 0 aromatic heterocycles. The van der Waals surface area contributed by atoms with Crippen molar-refractivity contribution in [1.29, 1.82) is 5.26 Å². The first-order valence-electron chi connectivity index (χ1n) is 6.71. The van der Waals surface area contributed by atoms with E-state index >= 15 is 0 Å². The number of nitro benzene ring substituents is 1. The van der Waals surface area contributed by atoms with Crippen molar-refractivity contribution in [3.63, 3.8) is 0 Å². The van der Waals surface area contributed by atoms with Gasteiger partial charge in [-0.25, -0.2) is 0 Å². The lowest BCUT2D eigenvalue weighted by atomic mass is 9.86. The zero-order valence-electron chi connectivity index (χ0n) is 11.1. The molecule has 2 unspecified atom stereocenters. The van der Waals surface area contributed by atoms with Gasteiger partial charge in [-0.2, -0.15) is 5.26 Å². The summed E-state index contributed by atoms with van der Waals surface area (Å²) in [4.78, 5) is 10.2. The molecule has 2 N–H and O–H groups in total. The number of non-ortho nitro benzene ring substituents is 1. The molecule has 1 aromatic rings. The predicted octanol–water partition coefficient (Wildman–Crippen LogP) is 2.36. The van der Waals surface area contributed by atoms with Gasteiger partial charge in [0, 0.05) is 18.1 Å². The molecular formula is C14H17N3O3. The fourth-order valence-corrected chi connectivity index (χ4v) is 2.58. The summed E-state index contributed by atoms with van der Waals surface area (Å²) in [6.45, 7) is 0.555. The third-order valence-electron chi connectivity index (χ3n) is 3.71. The third kappa shape index (κ3) is 3.06. The van der Waals surface area contributed by atoms with E-state index in [0.717, 1.165) is 25.7 Å². The van der Waals surface area contributed by atoms with Crippen molar-refractivity contribution in [2.45, 2.75) is 31.8 Å². The molecule has 2 atom stereocenters. The number of benzene rings is 1. The van der Waals surface area contributed by atoms with Crippen LogP contribution in [0.15, 0.2) is 18.2 Å². The Labute approximate surface area is 117 Å². The van der Waals surface area contributed by atoms with Crippen LogP contribution in [0.4, 0.5) is 5.69 Å². The minimum Gasteiger partial charge on any atom is -0.489 e. The first-order valence-corrected chi connectivity index (χ1v) is 6.71. The summed E-state index contributed by atoms with van der Waals surface area (Å²) in [6.07, 6.45) is 4.14. The number of nitrogens with two attached hydrogens (primary N) is 1. The third-order valence-corrected chi connectivity index (χ3v) is 3.71. The largest absolute Gasteiger partial charge is 0.489 e. The van der Waals surface area contributed by atoms with Crippen LogP contribution >= 0.6 is 0 Å². The highest BCUT2D eigenvalue weighted by Crippen LogP contribution is 2.30. The zero-order chi connectivity index (χ0) is 14.5. The number of hydrogen-bond acceptors (Lipinski definition) is 5. The highest BCUT2D eigenvalue weighted by Gasteiger charge is 2.26. The van der Waals surface area contributed by atoms with Gasteiger partial charge in [0.25, 0.3) is 5.69 Å². The minimum atomic E-state index is -0.520. The molecule has 0 saturated heterocycles. The molecule has 1 fully saturated rings. The maximum Gasteiger partial charge on any atom is 0.271 e. The Morgan fingerprint density at radius 1 is 1.45 bits per heavy atom. The second-order valence-corrected chi connectivity index (χ2v) is 4.99. The molecule has 0 bridgehead atoms. The van der Waals surface area contributed by atoms with Crippen molar-refractivity contribution in [1.82, 2.24) is 0 Å². The van der Waals surface area contributed by atoms with E-state index in [1.165, 1.54) is 18.2 Å². The van der Waals surface area contributed by atoms with Crippen molar-refractivity contribution in [2.75, 3.05) is 6.54 Å². The summed E-state index contributed by atoms with van der Waals surface area (Å²) in [5.41, 5.74) is 5.84. The average Bonchev–Trinajstić information content (AvgIpc) is 2.48. The van der Waals surface area contributed by atoms with Crippen LogP contribution in [0.3, 0.4) is 0 Å². The average molecular weight is 275 g/mol. The van der Waals surface area contributed by atoms with Gasteiger partial charge in [-0.15, -0.1) is 0 Å². The van der Waals surface area contributed by atoms with Crippen LogP contribution in [0.5, 0.6) is 5.75 Å². The van der Waals surface area contributed by atoms with E-state index in [1.54, 1.807) is 0 Å². The van der Waals surface area contributed by atoms with Crippen LogP contribution in [-0.4, -0.2) is 17.6 Å². The van der Waals surface area contributed by atoms with E-state index in [-0.39, 0.29) is 23.3 Å². The van der Waals surface area contributed by atoms with Crippen molar-refractivity contribution in [2.24, 2.45) is 11.7 Å². The van der Waals surface area contributed by atoms with Crippen LogP contribution in [0, 0.1) is 27.4 Å². The molecule has 2 rings (SSSR count). The topological polar surface area (TPSA) is 102 Å². The SMILES string of the molecule is N#Cc1cc([N+](=O)[O-])ccc1OC1CCCCC1CN. The molecule has 6 nitrogen and oxygen atoms in total. The van der Waals surface area contributed by atoms with Gasteiger partial charge in [0.2, 0.25) is 0 Å². The van der Waals surface area contributed by atoms with E-state index in [9.17, 15) is 10.1 Å². The minimum absolute atomic E-state index is 0.0118. The fraction of sp³-hybridized carbons (Fsp3) is 0.500. The molecule has 0 aliphatic heterocycles. The number of nitrogens with zero attached hydrogens (tertiary/aromatic N) is 2. The standard InChI is InChI=1S/C14H17N3O3/c15-8-10-3-1-2-4-13(10)20-14-6-5-12(17(18)19)7-11(14)9-16/h5-7,10,13H,1-4,8,15H2. The Kier molecular flexibility index (Phi) is 4.53. The smallest absolute Gasteiger partial charge is 0.271 e. The fourth-order valence-electron chi connectivity index (χ4n) is 2.58. The quantitative estimate of drug-likeness (QED) is 0.671. The van der Waals surface area contributed by atoms with Gasteiger partial charge in [-0.05, 0) is 31.9 Å². The van der Waals surface area contributed by atoms with Gasteiger partial charge >= 0.3 is 0 Å². The predicted molar refractivity (Wildman–Crippen MR) is 73.2 cm³/mol. The van der Waals surface area contributed by atoms with E-state index < -0.39 is 4.92 Å². The molecule has 0 heterocycles. The number of nitriles is 1. The van der Waals surface area contributed by atoms with E-state index in [4.69, 9.17) is 15.7 Å². The van der Waals surface area contributed by atoms with Crippen LogP contribution < -0.4 is 10.5 Å². The lowest BCUT2D eigenvalue weighted by Gasteiger charge is -2.31. The Morgan fingerprint density at radius 2 is 2.20 bits per heavy atom. The van der Waals surface area contributed by atoms with E-state index in [2.05, 4.69) is 0 Å². The van der Waals surface area contributed by atoms with Crippen LogP contribution in [0.25, 0.3) is 0 Å². The molecular weight excluding hydrogens is 258 g/mol. The lowest BCUT2D eigenvalue weighted by Crippen LogP contribution is -2.35. The molecule has 0 radical (unpaired) electrons. The zero-order valence-corrected chi connectivity index (χ0v) is 11.1. The molecule has 20 heavy (non-hydrogen) atoms. The van der Waals surface area contributed by atoms with Gasteiger partial charge in [0.15, 0.2) is 0 Å². The van der Waals surface area contributed by atoms with Crippen molar-refractivity contribution in [3.8, 4) is 11.8 Å². The van der Waals surface area contributed by atoms with Crippen molar-refractivity contribution in [3.05, 3.63) is 33.9 Å². The summed E-state index contributed by atoms with van der Waals surface area (Å²) in [5, 5.41) is 19.8. The normalized spacial score (nSPS) is 22.0. The van der Waals surface area contributed by atoms with Crippen LogP contribution in [0.2, 0.25) is 0 Å². The highest BCUT2D eigenvalue weighted by atomic mass is 16.6. The van der Waals surface area contributed by atoms with E-state index in [0.29, 0.717) is 12.3 Å². The molecule has 1 saturated carbocycles. The Morgan fingerprint density at radius 3 is 2.85 bits per heavy atom. The molecule has 1 aliphatic carbocycles. The van der Waals surface area contributed by atoms with E-state index in [1.807, 2.05) is 6.07 Å². The first kappa shape index (κ1) is 14.3. The summed E-state index contributed by atoms with van der Waals surface area (Å²) in [7, 11) is 0. The number of nitro groups is 1.